The van der Waals surface area contributed by atoms with Crippen molar-refractivity contribution in [2.45, 2.75) is 32.1 Å². The van der Waals surface area contributed by atoms with Crippen LogP contribution >= 0.6 is 15.9 Å². The lowest BCUT2D eigenvalue weighted by Crippen LogP contribution is -2.38. The molecule has 2 heterocycles. The van der Waals surface area contributed by atoms with Crippen molar-refractivity contribution in [3.63, 3.8) is 0 Å². The summed E-state index contributed by atoms with van der Waals surface area (Å²) in [5.74, 6) is 0.679. The van der Waals surface area contributed by atoms with Gasteiger partial charge in [-0.2, -0.15) is 5.10 Å². The fraction of sp³-hybridized carbons (Fsp3) is 0.545. The van der Waals surface area contributed by atoms with Gasteiger partial charge in [0, 0.05) is 37.9 Å². The van der Waals surface area contributed by atoms with Gasteiger partial charge in [-0.25, -0.2) is 4.79 Å². The number of nitrogens with zero attached hydrogens (tertiary/aromatic N) is 3. The number of benzene rings is 1. The molecular formula is C22H31BrN4O4. The van der Waals surface area contributed by atoms with Gasteiger partial charge in [0.25, 0.3) is 0 Å². The van der Waals surface area contributed by atoms with Gasteiger partial charge >= 0.3 is 6.09 Å². The molecule has 170 valence electrons. The van der Waals surface area contributed by atoms with Crippen molar-refractivity contribution in [1.29, 1.82) is 0 Å². The van der Waals surface area contributed by atoms with Crippen LogP contribution in [0.5, 0.6) is 5.75 Å². The number of halogens is 1. The highest BCUT2D eigenvalue weighted by atomic mass is 79.9. The van der Waals surface area contributed by atoms with E-state index in [1.165, 1.54) is 32.1 Å². The number of hydrogen-bond acceptors (Lipinski definition) is 5. The third kappa shape index (κ3) is 7.22. The number of amides is 1. The number of nitrogens with one attached hydrogen (secondary N) is 1. The van der Waals surface area contributed by atoms with Crippen molar-refractivity contribution in [2.24, 2.45) is 7.05 Å². The zero-order valence-corrected chi connectivity index (χ0v) is 19.6. The summed E-state index contributed by atoms with van der Waals surface area (Å²) in [4.78, 5) is 13.2. The summed E-state index contributed by atoms with van der Waals surface area (Å²) in [6.45, 7) is 4.67. The van der Waals surface area contributed by atoms with E-state index < -0.39 is 6.09 Å². The topological polar surface area (TPSA) is 88.9 Å². The molecule has 1 saturated heterocycles. The monoisotopic (exact) mass is 494 g/mol. The van der Waals surface area contributed by atoms with E-state index in [1.807, 2.05) is 7.05 Å². The first kappa shape index (κ1) is 23.6. The highest BCUT2D eigenvalue weighted by Crippen LogP contribution is 2.36. The van der Waals surface area contributed by atoms with Crippen LogP contribution in [0, 0.1) is 0 Å². The van der Waals surface area contributed by atoms with E-state index >= 15 is 0 Å². The Bertz CT molecular complexity index is 821. The van der Waals surface area contributed by atoms with Crippen LogP contribution in [0.2, 0.25) is 0 Å². The summed E-state index contributed by atoms with van der Waals surface area (Å²) < 4.78 is 13.9. The molecular weight excluding hydrogens is 464 g/mol. The second-order valence-corrected chi connectivity index (χ2v) is 8.53. The summed E-state index contributed by atoms with van der Waals surface area (Å²) in [6.07, 6.45) is 8.09. The van der Waals surface area contributed by atoms with Crippen molar-refractivity contribution < 1.29 is 19.4 Å². The minimum Gasteiger partial charge on any atom is -0.492 e. The molecule has 0 unspecified atom stereocenters. The van der Waals surface area contributed by atoms with E-state index in [1.54, 1.807) is 29.1 Å². The molecule has 1 aliphatic heterocycles. The molecule has 2 fully saturated rings. The lowest BCUT2D eigenvalue weighted by Gasteiger charge is -2.26. The van der Waals surface area contributed by atoms with Gasteiger partial charge in [0.15, 0.2) is 0 Å². The molecule has 1 aromatic heterocycles. The van der Waals surface area contributed by atoms with E-state index in [9.17, 15) is 4.79 Å². The van der Waals surface area contributed by atoms with E-state index in [4.69, 9.17) is 14.6 Å². The highest BCUT2D eigenvalue weighted by molar-refractivity contribution is 9.10. The molecule has 1 aliphatic carbocycles. The van der Waals surface area contributed by atoms with Gasteiger partial charge in [-0.15, -0.1) is 0 Å². The Balaban J connectivity index is 0.000000478. The molecule has 1 amide bonds. The Hall–Kier alpha value is -2.10. The van der Waals surface area contributed by atoms with Crippen LogP contribution in [0.15, 0.2) is 28.9 Å². The first-order valence-electron chi connectivity index (χ1n) is 10.8. The molecule has 2 aliphatic rings. The minimum atomic E-state index is -1.11. The summed E-state index contributed by atoms with van der Waals surface area (Å²) >= 11 is 3.50. The van der Waals surface area contributed by atoms with Gasteiger partial charge in [-0.05, 0) is 34.1 Å². The average Bonchev–Trinajstić information content (AvgIpc) is 3.43. The first-order chi connectivity index (χ1) is 15.0. The van der Waals surface area contributed by atoms with E-state index in [-0.39, 0.29) is 0 Å². The Labute approximate surface area is 191 Å². The van der Waals surface area contributed by atoms with E-state index in [0.29, 0.717) is 18.0 Å². The highest BCUT2D eigenvalue weighted by Gasteiger charge is 2.17. The van der Waals surface area contributed by atoms with Crippen LogP contribution in [0.3, 0.4) is 0 Å². The van der Waals surface area contributed by atoms with Crippen molar-refractivity contribution in [3.8, 4) is 17.0 Å². The van der Waals surface area contributed by atoms with Gasteiger partial charge in [0.1, 0.15) is 12.4 Å². The van der Waals surface area contributed by atoms with Gasteiger partial charge < -0.3 is 14.6 Å². The zero-order valence-electron chi connectivity index (χ0n) is 18.0. The smallest absolute Gasteiger partial charge is 0.409 e. The van der Waals surface area contributed by atoms with Crippen LogP contribution in [0.1, 0.15) is 32.1 Å². The van der Waals surface area contributed by atoms with Crippen molar-refractivity contribution in [2.75, 3.05) is 44.8 Å². The summed E-state index contributed by atoms with van der Waals surface area (Å²) in [7, 11) is 1.83. The third-order valence-electron chi connectivity index (χ3n) is 5.40. The predicted molar refractivity (Wildman–Crippen MR) is 124 cm³/mol. The SMILES string of the molecule is C1CCCC1.Cn1ncc(Br)c1-c1cc(NC(=O)O)ccc1OCCN1CCOCC1. The summed E-state index contributed by atoms with van der Waals surface area (Å²) in [6, 6.07) is 5.21. The van der Waals surface area contributed by atoms with Crippen molar-refractivity contribution in [1.82, 2.24) is 14.7 Å². The molecule has 0 spiro atoms. The molecule has 2 N–H and O–H groups in total. The molecule has 1 saturated carbocycles. The Kier molecular flexibility index (Phi) is 9.17. The molecule has 0 radical (unpaired) electrons. The lowest BCUT2D eigenvalue weighted by atomic mass is 10.1. The fourth-order valence-electron chi connectivity index (χ4n) is 3.75. The number of anilines is 1. The number of hydrogen-bond donors (Lipinski definition) is 2. The predicted octanol–water partition coefficient (Wildman–Crippen LogP) is 4.60. The van der Waals surface area contributed by atoms with Gasteiger partial charge in [0.2, 0.25) is 0 Å². The van der Waals surface area contributed by atoms with Crippen LogP contribution in [-0.4, -0.2) is 65.3 Å². The number of rotatable bonds is 6. The number of aryl methyl sites for hydroxylation is 1. The van der Waals surface area contributed by atoms with Crippen LogP contribution < -0.4 is 10.1 Å². The number of ether oxygens (including phenoxy) is 2. The quantitative estimate of drug-likeness (QED) is 0.609. The third-order valence-corrected chi connectivity index (χ3v) is 5.98. The van der Waals surface area contributed by atoms with Gasteiger partial charge in [-0.1, -0.05) is 32.1 Å². The largest absolute Gasteiger partial charge is 0.492 e. The van der Waals surface area contributed by atoms with E-state index in [0.717, 1.165) is 48.6 Å². The molecule has 8 nitrogen and oxygen atoms in total. The molecule has 1 aromatic carbocycles. The number of morpholine rings is 1. The Morgan fingerprint density at radius 3 is 2.48 bits per heavy atom. The maximum absolute atomic E-state index is 10.9. The molecule has 0 bridgehead atoms. The lowest BCUT2D eigenvalue weighted by molar-refractivity contribution is 0.0323. The summed E-state index contributed by atoms with van der Waals surface area (Å²) in [5.41, 5.74) is 2.06. The van der Waals surface area contributed by atoms with E-state index in [2.05, 4.69) is 31.2 Å². The second-order valence-electron chi connectivity index (χ2n) is 7.68. The second kappa shape index (κ2) is 12.1. The first-order valence-corrected chi connectivity index (χ1v) is 11.6. The maximum Gasteiger partial charge on any atom is 0.409 e. The van der Waals surface area contributed by atoms with Gasteiger partial charge in [-0.3, -0.25) is 14.9 Å². The van der Waals surface area contributed by atoms with Crippen LogP contribution in [0.4, 0.5) is 10.5 Å². The summed E-state index contributed by atoms with van der Waals surface area (Å²) in [5, 5.41) is 15.6. The average molecular weight is 495 g/mol. The number of aromatic nitrogens is 2. The standard InChI is InChI=1S/C17H21BrN4O4.C5H10/c1-21-16(14(18)11-19-21)13-10-12(20-17(23)24)2-3-15(13)26-9-6-22-4-7-25-8-5-22;1-2-4-5-3-1/h2-3,10-11,20H,4-9H2,1H3,(H,23,24);1-5H2. The van der Waals surface area contributed by atoms with Crippen LogP contribution in [-0.2, 0) is 11.8 Å². The van der Waals surface area contributed by atoms with Crippen molar-refractivity contribution in [3.05, 3.63) is 28.9 Å². The molecule has 2 aromatic rings. The fourth-order valence-corrected chi connectivity index (χ4v) is 4.31. The Morgan fingerprint density at radius 1 is 1.23 bits per heavy atom. The minimum absolute atomic E-state index is 0.473. The van der Waals surface area contributed by atoms with Crippen LogP contribution in [0.25, 0.3) is 11.3 Å². The molecule has 31 heavy (non-hydrogen) atoms. The number of carboxylic acid groups (broad SMARTS) is 1. The Morgan fingerprint density at radius 2 is 1.90 bits per heavy atom. The number of carbonyl (C=O) groups is 1. The zero-order chi connectivity index (χ0) is 22.1. The molecule has 0 atom stereocenters. The maximum atomic E-state index is 10.9. The normalized spacial score (nSPS) is 16.5. The molecule has 4 rings (SSSR count). The van der Waals surface area contributed by atoms with Gasteiger partial charge in [0.05, 0.1) is 29.6 Å². The van der Waals surface area contributed by atoms with Crippen molar-refractivity contribution >= 4 is 27.7 Å². The molecule has 9 heteroatoms.